The van der Waals surface area contributed by atoms with Crippen LogP contribution in [0.1, 0.15) is 5.69 Å². The second kappa shape index (κ2) is 5.72. The zero-order valence-electron chi connectivity index (χ0n) is 11.5. The highest BCUT2D eigenvalue weighted by molar-refractivity contribution is 9.10. The van der Waals surface area contributed by atoms with Crippen LogP contribution in [0, 0.1) is 12.7 Å². The highest BCUT2D eigenvalue weighted by atomic mass is 79.9. The van der Waals surface area contributed by atoms with Crippen molar-refractivity contribution < 1.29 is 9.13 Å². The maximum absolute atomic E-state index is 13.8. The Morgan fingerprint density at radius 2 is 2.05 bits per heavy atom. The summed E-state index contributed by atoms with van der Waals surface area (Å²) in [4.78, 5) is 8.06. The van der Waals surface area contributed by atoms with Crippen molar-refractivity contribution in [2.24, 2.45) is 0 Å². The van der Waals surface area contributed by atoms with E-state index in [-0.39, 0.29) is 11.6 Å². The summed E-state index contributed by atoms with van der Waals surface area (Å²) in [6.07, 6.45) is 1.30. The van der Waals surface area contributed by atoms with Crippen LogP contribution < -0.4 is 10.5 Å². The number of aromatic nitrogens is 4. The molecular weight excluding hydrogens is 353 g/mol. The summed E-state index contributed by atoms with van der Waals surface area (Å²) in [7, 11) is 0. The van der Waals surface area contributed by atoms with Gasteiger partial charge in [-0.25, -0.2) is 14.4 Å². The lowest BCUT2D eigenvalue weighted by atomic mass is 10.3. The SMILES string of the molecule is Cc1cc(N)n(-c2cc(Oc3ccc(Br)cc3F)ncn2)n1. The predicted octanol–water partition coefficient (Wildman–Crippen LogP) is 3.25. The van der Waals surface area contributed by atoms with Gasteiger partial charge in [-0.15, -0.1) is 0 Å². The largest absolute Gasteiger partial charge is 0.436 e. The minimum atomic E-state index is -0.496. The first kappa shape index (κ1) is 14.5. The number of aryl methyl sites for hydroxylation is 1. The summed E-state index contributed by atoms with van der Waals surface area (Å²) in [6, 6.07) is 7.75. The number of anilines is 1. The Hall–Kier alpha value is -2.48. The average Bonchev–Trinajstić information content (AvgIpc) is 2.81. The third-order valence-electron chi connectivity index (χ3n) is 2.81. The molecule has 2 heterocycles. The number of hydrogen-bond donors (Lipinski definition) is 1. The monoisotopic (exact) mass is 363 g/mol. The van der Waals surface area contributed by atoms with E-state index >= 15 is 0 Å². The van der Waals surface area contributed by atoms with Crippen molar-refractivity contribution in [2.75, 3.05) is 5.73 Å². The van der Waals surface area contributed by atoms with Crippen LogP contribution in [0.2, 0.25) is 0 Å². The Balaban J connectivity index is 1.93. The molecule has 2 aromatic heterocycles. The van der Waals surface area contributed by atoms with Crippen LogP contribution >= 0.6 is 15.9 Å². The highest BCUT2D eigenvalue weighted by Crippen LogP contribution is 2.26. The molecule has 0 aliphatic heterocycles. The molecule has 0 radical (unpaired) electrons. The van der Waals surface area contributed by atoms with Gasteiger partial charge in [0.2, 0.25) is 5.88 Å². The molecule has 0 amide bonds. The maximum atomic E-state index is 13.8. The van der Waals surface area contributed by atoms with Crippen LogP contribution in [0.3, 0.4) is 0 Å². The molecule has 6 nitrogen and oxygen atoms in total. The summed E-state index contributed by atoms with van der Waals surface area (Å²) >= 11 is 3.19. The van der Waals surface area contributed by atoms with Gasteiger partial charge in [-0.1, -0.05) is 15.9 Å². The Morgan fingerprint density at radius 1 is 1.23 bits per heavy atom. The van der Waals surface area contributed by atoms with Gasteiger partial charge in [-0.05, 0) is 25.1 Å². The van der Waals surface area contributed by atoms with E-state index in [1.165, 1.54) is 29.2 Å². The maximum Gasteiger partial charge on any atom is 0.224 e. The van der Waals surface area contributed by atoms with E-state index in [0.717, 1.165) is 5.69 Å². The first-order chi connectivity index (χ1) is 10.5. The molecule has 0 aliphatic carbocycles. The van der Waals surface area contributed by atoms with E-state index < -0.39 is 5.82 Å². The molecule has 0 atom stereocenters. The molecule has 2 N–H and O–H groups in total. The normalized spacial score (nSPS) is 10.7. The third kappa shape index (κ3) is 2.91. The summed E-state index contributed by atoms with van der Waals surface area (Å²) in [6.45, 7) is 1.82. The van der Waals surface area contributed by atoms with Gasteiger partial charge in [0.05, 0.1) is 5.69 Å². The minimum Gasteiger partial charge on any atom is -0.436 e. The Labute approximate surface area is 133 Å². The van der Waals surface area contributed by atoms with Crippen molar-refractivity contribution in [1.29, 1.82) is 0 Å². The summed E-state index contributed by atoms with van der Waals surface area (Å²) in [5, 5.41) is 4.22. The minimum absolute atomic E-state index is 0.0671. The van der Waals surface area contributed by atoms with E-state index in [9.17, 15) is 4.39 Å². The Kier molecular flexibility index (Phi) is 3.76. The molecule has 22 heavy (non-hydrogen) atoms. The fourth-order valence-electron chi connectivity index (χ4n) is 1.88. The zero-order valence-corrected chi connectivity index (χ0v) is 13.1. The smallest absolute Gasteiger partial charge is 0.224 e. The van der Waals surface area contributed by atoms with Gasteiger partial charge in [0.1, 0.15) is 12.1 Å². The van der Waals surface area contributed by atoms with Gasteiger partial charge >= 0.3 is 0 Å². The fraction of sp³-hybridized carbons (Fsp3) is 0.0714. The van der Waals surface area contributed by atoms with Crippen molar-refractivity contribution >= 4 is 21.7 Å². The van der Waals surface area contributed by atoms with Crippen LogP contribution in [0.15, 0.2) is 41.1 Å². The first-order valence-corrected chi connectivity index (χ1v) is 7.10. The van der Waals surface area contributed by atoms with Crippen LogP contribution in [0.4, 0.5) is 10.2 Å². The summed E-state index contributed by atoms with van der Waals surface area (Å²) < 4.78 is 21.3. The van der Waals surface area contributed by atoms with Crippen LogP contribution in [-0.4, -0.2) is 19.7 Å². The lowest BCUT2D eigenvalue weighted by molar-refractivity contribution is 0.425. The number of nitrogens with zero attached hydrogens (tertiary/aromatic N) is 4. The Morgan fingerprint density at radius 3 is 2.73 bits per heavy atom. The molecule has 0 aliphatic rings. The Bertz CT molecular complexity index is 836. The molecule has 0 spiro atoms. The standard InChI is InChI=1S/C14H11BrFN5O/c1-8-4-12(17)21(20-8)13-6-14(19-7-18-13)22-11-3-2-9(15)5-10(11)16/h2-7H,17H2,1H3. The van der Waals surface area contributed by atoms with E-state index in [4.69, 9.17) is 10.5 Å². The number of hydrogen-bond acceptors (Lipinski definition) is 5. The molecule has 0 bridgehead atoms. The van der Waals surface area contributed by atoms with E-state index in [0.29, 0.717) is 16.1 Å². The van der Waals surface area contributed by atoms with Gasteiger partial charge < -0.3 is 10.5 Å². The fourth-order valence-corrected chi connectivity index (χ4v) is 2.21. The summed E-state index contributed by atoms with van der Waals surface area (Å²) in [5.41, 5.74) is 6.61. The second-order valence-electron chi connectivity index (χ2n) is 4.51. The zero-order chi connectivity index (χ0) is 15.7. The quantitative estimate of drug-likeness (QED) is 0.772. The number of ether oxygens (including phenoxy) is 1. The molecule has 0 unspecified atom stereocenters. The number of nitrogen functional groups attached to an aromatic ring is 1. The highest BCUT2D eigenvalue weighted by Gasteiger charge is 2.10. The van der Waals surface area contributed by atoms with Crippen LogP contribution in [0.5, 0.6) is 11.6 Å². The van der Waals surface area contributed by atoms with Crippen LogP contribution in [0.25, 0.3) is 5.82 Å². The number of halogens is 2. The van der Waals surface area contributed by atoms with E-state index in [2.05, 4.69) is 31.0 Å². The van der Waals surface area contributed by atoms with Crippen molar-refractivity contribution in [2.45, 2.75) is 6.92 Å². The molecule has 3 rings (SSSR count). The van der Waals surface area contributed by atoms with E-state index in [1.807, 2.05) is 6.92 Å². The number of nitrogens with two attached hydrogens (primary N) is 1. The number of benzene rings is 1. The van der Waals surface area contributed by atoms with Gasteiger partial charge in [0.15, 0.2) is 17.4 Å². The van der Waals surface area contributed by atoms with Crippen LogP contribution in [-0.2, 0) is 0 Å². The lowest BCUT2D eigenvalue weighted by Gasteiger charge is -2.08. The lowest BCUT2D eigenvalue weighted by Crippen LogP contribution is -2.05. The summed E-state index contributed by atoms with van der Waals surface area (Å²) in [5.74, 6) is 0.644. The second-order valence-corrected chi connectivity index (χ2v) is 5.43. The first-order valence-electron chi connectivity index (χ1n) is 6.30. The van der Waals surface area contributed by atoms with E-state index in [1.54, 1.807) is 12.1 Å². The predicted molar refractivity (Wildman–Crippen MR) is 82.5 cm³/mol. The van der Waals surface area contributed by atoms with Crippen molar-refractivity contribution in [3.05, 3.63) is 52.6 Å². The molecule has 112 valence electrons. The van der Waals surface area contributed by atoms with Gasteiger partial charge in [-0.2, -0.15) is 9.78 Å². The van der Waals surface area contributed by atoms with Crippen molar-refractivity contribution in [3.63, 3.8) is 0 Å². The molecule has 0 saturated heterocycles. The molecule has 1 aromatic carbocycles. The molecule has 8 heteroatoms. The molecule has 0 saturated carbocycles. The number of rotatable bonds is 3. The topological polar surface area (TPSA) is 78.9 Å². The molecule has 3 aromatic rings. The van der Waals surface area contributed by atoms with Gasteiger partial charge in [0, 0.05) is 16.6 Å². The van der Waals surface area contributed by atoms with Gasteiger partial charge in [0.25, 0.3) is 0 Å². The average molecular weight is 364 g/mol. The third-order valence-corrected chi connectivity index (χ3v) is 3.31. The molecular formula is C14H11BrFN5O. The molecule has 0 fully saturated rings. The van der Waals surface area contributed by atoms with Crippen molar-refractivity contribution in [1.82, 2.24) is 19.7 Å². The van der Waals surface area contributed by atoms with Gasteiger partial charge in [-0.3, -0.25) is 0 Å². The van der Waals surface area contributed by atoms with Crippen molar-refractivity contribution in [3.8, 4) is 17.4 Å².